The predicted octanol–water partition coefficient (Wildman–Crippen LogP) is 2.50. The fraction of sp³-hybridized carbons (Fsp3) is 0.692. The molecule has 16 heavy (non-hydrogen) atoms. The van der Waals surface area contributed by atoms with Gasteiger partial charge in [0.05, 0.1) is 13.1 Å². The Balaban J connectivity index is 1.87. The molecule has 0 radical (unpaired) electrons. The number of nitrogens with zero attached hydrogens (tertiary/aromatic N) is 1. The molecule has 1 aliphatic carbocycles. The SMILES string of the molecule is CN(Cc1ccc(CN)o1)C1CCCCC1. The van der Waals surface area contributed by atoms with Crippen molar-refractivity contribution >= 4 is 0 Å². The van der Waals surface area contributed by atoms with E-state index in [2.05, 4.69) is 11.9 Å². The van der Waals surface area contributed by atoms with Crippen LogP contribution < -0.4 is 5.73 Å². The van der Waals surface area contributed by atoms with Gasteiger partial charge in [0.1, 0.15) is 11.5 Å². The highest BCUT2D eigenvalue weighted by Crippen LogP contribution is 2.23. The van der Waals surface area contributed by atoms with Gasteiger partial charge in [-0.3, -0.25) is 4.90 Å². The van der Waals surface area contributed by atoms with Gasteiger partial charge in [-0.1, -0.05) is 19.3 Å². The molecule has 90 valence electrons. The first-order valence-electron chi connectivity index (χ1n) is 6.27. The fourth-order valence-corrected chi connectivity index (χ4v) is 2.51. The molecule has 0 spiro atoms. The second kappa shape index (κ2) is 5.51. The average molecular weight is 222 g/mol. The molecule has 1 aromatic heterocycles. The van der Waals surface area contributed by atoms with Crippen molar-refractivity contribution in [3.63, 3.8) is 0 Å². The summed E-state index contributed by atoms with van der Waals surface area (Å²) >= 11 is 0. The van der Waals surface area contributed by atoms with Crippen molar-refractivity contribution in [2.45, 2.75) is 51.2 Å². The van der Waals surface area contributed by atoms with Gasteiger partial charge in [-0.25, -0.2) is 0 Å². The number of rotatable bonds is 4. The Hall–Kier alpha value is -0.800. The van der Waals surface area contributed by atoms with Crippen LogP contribution in [0.25, 0.3) is 0 Å². The standard InChI is InChI=1S/C13H22N2O/c1-15(11-5-3-2-4-6-11)10-13-8-7-12(9-14)16-13/h7-8,11H,2-6,9-10,14H2,1H3. The molecule has 0 aliphatic heterocycles. The van der Waals surface area contributed by atoms with Crippen LogP contribution >= 0.6 is 0 Å². The normalized spacial score (nSPS) is 18.2. The third-order valence-electron chi connectivity index (χ3n) is 3.52. The van der Waals surface area contributed by atoms with Crippen LogP contribution in [0.5, 0.6) is 0 Å². The molecule has 1 aliphatic rings. The monoisotopic (exact) mass is 222 g/mol. The quantitative estimate of drug-likeness (QED) is 0.851. The van der Waals surface area contributed by atoms with Gasteiger partial charge in [-0.2, -0.15) is 0 Å². The molecular formula is C13H22N2O. The minimum Gasteiger partial charge on any atom is -0.463 e. The maximum atomic E-state index is 5.63. The van der Waals surface area contributed by atoms with Crippen molar-refractivity contribution in [1.29, 1.82) is 0 Å². The zero-order valence-electron chi connectivity index (χ0n) is 10.1. The number of hydrogen-bond acceptors (Lipinski definition) is 3. The summed E-state index contributed by atoms with van der Waals surface area (Å²) in [6.45, 7) is 1.40. The maximum Gasteiger partial charge on any atom is 0.118 e. The van der Waals surface area contributed by atoms with Crippen LogP contribution in [0.4, 0.5) is 0 Å². The molecular weight excluding hydrogens is 200 g/mol. The Morgan fingerprint density at radius 3 is 2.56 bits per heavy atom. The third kappa shape index (κ3) is 2.86. The Morgan fingerprint density at radius 2 is 1.94 bits per heavy atom. The highest BCUT2D eigenvalue weighted by atomic mass is 16.3. The molecule has 3 heteroatoms. The molecule has 1 saturated carbocycles. The van der Waals surface area contributed by atoms with Gasteiger partial charge in [-0.15, -0.1) is 0 Å². The Morgan fingerprint density at radius 1 is 1.25 bits per heavy atom. The van der Waals surface area contributed by atoms with Gasteiger partial charge in [0.15, 0.2) is 0 Å². The summed E-state index contributed by atoms with van der Waals surface area (Å²) in [5.41, 5.74) is 5.53. The number of furan rings is 1. The minimum absolute atomic E-state index is 0.493. The minimum atomic E-state index is 0.493. The van der Waals surface area contributed by atoms with Crippen LogP contribution in [0.1, 0.15) is 43.6 Å². The Kier molecular flexibility index (Phi) is 4.02. The molecule has 0 unspecified atom stereocenters. The third-order valence-corrected chi connectivity index (χ3v) is 3.52. The van der Waals surface area contributed by atoms with Gasteiger partial charge in [0.25, 0.3) is 0 Å². The topological polar surface area (TPSA) is 42.4 Å². The van der Waals surface area contributed by atoms with Gasteiger partial charge < -0.3 is 10.2 Å². The van der Waals surface area contributed by atoms with E-state index in [4.69, 9.17) is 10.2 Å². The van der Waals surface area contributed by atoms with Crippen molar-refractivity contribution in [3.8, 4) is 0 Å². The van der Waals surface area contributed by atoms with Crippen LogP contribution in [0.2, 0.25) is 0 Å². The van der Waals surface area contributed by atoms with E-state index in [1.165, 1.54) is 32.1 Å². The summed E-state index contributed by atoms with van der Waals surface area (Å²) in [4.78, 5) is 2.41. The van der Waals surface area contributed by atoms with E-state index in [0.717, 1.165) is 24.1 Å². The second-order valence-corrected chi connectivity index (χ2v) is 4.78. The van der Waals surface area contributed by atoms with Crippen LogP contribution in [-0.2, 0) is 13.1 Å². The summed E-state index contributed by atoms with van der Waals surface area (Å²) in [6, 6.07) is 4.76. The highest BCUT2D eigenvalue weighted by molar-refractivity contribution is 5.06. The van der Waals surface area contributed by atoms with E-state index in [0.29, 0.717) is 6.54 Å². The predicted molar refractivity (Wildman–Crippen MR) is 64.9 cm³/mol. The largest absolute Gasteiger partial charge is 0.463 e. The van der Waals surface area contributed by atoms with Crippen molar-refractivity contribution in [2.75, 3.05) is 7.05 Å². The summed E-state index contributed by atoms with van der Waals surface area (Å²) in [7, 11) is 2.20. The molecule has 2 N–H and O–H groups in total. The Labute approximate surface area is 97.6 Å². The van der Waals surface area contributed by atoms with E-state index in [-0.39, 0.29) is 0 Å². The van der Waals surface area contributed by atoms with Crippen molar-refractivity contribution in [1.82, 2.24) is 4.90 Å². The lowest BCUT2D eigenvalue weighted by atomic mass is 9.94. The van der Waals surface area contributed by atoms with Crippen molar-refractivity contribution in [3.05, 3.63) is 23.7 Å². The molecule has 0 aromatic carbocycles. The maximum absolute atomic E-state index is 5.63. The van der Waals surface area contributed by atoms with E-state index >= 15 is 0 Å². The lowest BCUT2D eigenvalue weighted by Crippen LogP contribution is -2.32. The summed E-state index contributed by atoms with van der Waals surface area (Å²) in [5.74, 6) is 1.92. The first kappa shape index (κ1) is 11.7. The van der Waals surface area contributed by atoms with Gasteiger partial charge >= 0.3 is 0 Å². The zero-order valence-corrected chi connectivity index (χ0v) is 10.1. The molecule has 1 aromatic rings. The first-order valence-corrected chi connectivity index (χ1v) is 6.27. The molecule has 0 saturated heterocycles. The molecule has 0 bridgehead atoms. The van der Waals surface area contributed by atoms with Crippen LogP contribution in [0.15, 0.2) is 16.5 Å². The fourth-order valence-electron chi connectivity index (χ4n) is 2.51. The van der Waals surface area contributed by atoms with Gasteiger partial charge in [0.2, 0.25) is 0 Å². The molecule has 1 heterocycles. The van der Waals surface area contributed by atoms with Crippen molar-refractivity contribution < 1.29 is 4.42 Å². The molecule has 2 rings (SSSR count). The van der Waals surface area contributed by atoms with E-state index in [1.807, 2.05) is 12.1 Å². The number of hydrogen-bond donors (Lipinski definition) is 1. The van der Waals surface area contributed by atoms with Crippen LogP contribution in [0.3, 0.4) is 0 Å². The summed E-state index contributed by atoms with van der Waals surface area (Å²) in [6.07, 6.45) is 6.83. The molecule has 0 atom stereocenters. The average Bonchev–Trinajstić information content (AvgIpc) is 2.78. The Bertz CT molecular complexity index is 315. The van der Waals surface area contributed by atoms with E-state index in [9.17, 15) is 0 Å². The lowest BCUT2D eigenvalue weighted by molar-refractivity contribution is 0.172. The van der Waals surface area contributed by atoms with Gasteiger partial charge in [-0.05, 0) is 32.0 Å². The highest BCUT2D eigenvalue weighted by Gasteiger charge is 2.18. The smallest absolute Gasteiger partial charge is 0.118 e. The molecule has 1 fully saturated rings. The van der Waals surface area contributed by atoms with Gasteiger partial charge in [0, 0.05) is 6.04 Å². The van der Waals surface area contributed by atoms with Crippen LogP contribution in [0, 0.1) is 0 Å². The van der Waals surface area contributed by atoms with E-state index < -0.39 is 0 Å². The van der Waals surface area contributed by atoms with Crippen molar-refractivity contribution in [2.24, 2.45) is 5.73 Å². The van der Waals surface area contributed by atoms with Crippen LogP contribution in [-0.4, -0.2) is 18.0 Å². The molecule has 0 amide bonds. The molecule has 3 nitrogen and oxygen atoms in total. The first-order chi connectivity index (χ1) is 7.79. The summed E-state index contributed by atoms with van der Waals surface area (Å²) < 4.78 is 5.63. The second-order valence-electron chi connectivity index (χ2n) is 4.78. The van der Waals surface area contributed by atoms with E-state index in [1.54, 1.807) is 0 Å². The lowest BCUT2D eigenvalue weighted by Gasteiger charge is -2.30. The summed E-state index contributed by atoms with van der Waals surface area (Å²) in [5, 5.41) is 0. The number of nitrogens with two attached hydrogens (primary N) is 1. The zero-order chi connectivity index (χ0) is 11.4.